The van der Waals surface area contributed by atoms with E-state index in [9.17, 15) is 0 Å². The standard InChI is InChI=1S/C17H15N3OS/c1-17(2)19-16(12-5-3-11(10-18)4-6-12)14-8-7-13(20-22)9-15(14)21-17/h3-9,20,22H,1-2H3. The van der Waals surface area contributed by atoms with E-state index in [1.165, 1.54) is 0 Å². The maximum Gasteiger partial charge on any atom is 0.195 e. The van der Waals surface area contributed by atoms with Crippen LogP contribution in [-0.4, -0.2) is 11.4 Å². The molecule has 3 rings (SSSR count). The number of anilines is 1. The van der Waals surface area contributed by atoms with Crippen LogP contribution >= 0.6 is 12.8 Å². The number of nitrogens with one attached hydrogen (secondary N) is 1. The molecule has 1 heterocycles. The molecule has 0 atom stereocenters. The van der Waals surface area contributed by atoms with Gasteiger partial charge in [-0.25, -0.2) is 4.99 Å². The number of aliphatic imine (C=N–C) groups is 1. The highest BCUT2D eigenvalue weighted by Crippen LogP contribution is 2.34. The van der Waals surface area contributed by atoms with Crippen LogP contribution in [0.5, 0.6) is 5.75 Å². The second-order valence-corrected chi connectivity index (χ2v) is 5.74. The molecule has 5 heteroatoms. The number of thiol groups is 1. The smallest absolute Gasteiger partial charge is 0.195 e. The van der Waals surface area contributed by atoms with Crippen LogP contribution in [0.2, 0.25) is 0 Å². The third-order valence-corrected chi connectivity index (χ3v) is 3.65. The molecule has 0 spiro atoms. The van der Waals surface area contributed by atoms with Crippen LogP contribution in [0.1, 0.15) is 30.5 Å². The number of benzene rings is 2. The number of nitriles is 1. The summed E-state index contributed by atoms with van der Waals surface area (Å²) in [5, 5.41) is 8.92. The van der Waals surface area contributed by atoms with Gasteiger partial charge in [0, 0.05) is 22.9 Å². The van der Waals surface area contributed by atoms with Gasteiger partial charge < -0.3 is 9.46 Å². The molecule has 0 amide bonds. The van der Waals surface area contributed by atoms with E-state index in [-0.39, 0.29) is 0 Å². The Kier molecular flexibility index (Phi) is 3.55. The Morgan fingerprint density at radius 2 is 1.91 bits per heavy atom. The van der Waals surface area contributed by atoms with Crippen molar-refractivity contribution < 1.29 is 4.74 Å². The number of fused-ring (bicyclic) bond motifs is 1. The Labute approximate surface area is 135 Å². The van der Waals surface area contributed by atoms with E-state index in [0.717, 1.165) is 28.3 Å². The summed E-state index contributed by atoms with van der Waals surface area (Å²) in [7, 11) is 0. The van der Waals surface area contributed by atoms with Gasteiger partial charge in [0.1, 0.15) is 5.75 Å². The first-order valence-corrected chi connectivity index (χ1v) is 7.31. The third-order valence-electron chi connectivity index (χ3n) is 3.39. The lowest BCUT2D eigenvalue weighted by atomic mass is 9.98. The van der Waals surface area contributed by atoms with Crippen LogP contribution in [0.15, 0.2) is 47.5 Å². The quantitative estimate of drug-likeness (QED) is 0.830. The molecule has 1 aliphatic heterocycles. The Morgan fingerprint density at radius 1 is 1.18 bits per heavy atom. The van der Waals surface area contributed by atoms with Gasteiger partial charge in [-0.2, -0.15) is 5.26 Å². The summed E-state index contributed by atoms with van der Waals surface area (Å²) < 4.78 is 8.76. The molecule has 0 radical (unpaired) electrons. The van der Waals surface area contributed by atoms with E-state index in [4.69, 9.17) is 15.0 Å². The van der Waals surface area contributed by atoms with Crippen molar-refractivity contribution in [2.24, 2.45) is 4.99 Å². The number of nitrogens with zero attached hydrogens (tertiary/aromatic N) is 2. The molecule has 0 aromatic heterocycles. The molecule has 0 saturated heterocycles. The van der Waals surface area contributed by atoms with Gasteiger partial charge in [0.15, 0.2) is 5.72 Å². The SMILES string of the molecule is CC1(C)N=C(c2ccc(C#N)cc2)c2ccc(NS)cc2O1. The van der Waals surface area contributed by atoms with Crippen molar-refractivity contribution in [2.75, 3.05) is 4.72 Å². The fourth-order valence-electron chi connectivity index (χ4n) is 2.42. The van der Waals surface area contributed by atoms with Crippen molar-refractivity contribution >= 4 is 24.2 Å². The summed E-state index contributed by atoms with van der Waals surface area (Å²) in [6, 6.07) is 15.3. The number of rotatable bonds is 2. The third kappa shape index (κ3) is 2.66. The first kappa shape index (κ1) is 14.5. The van der Waals surface area contributed by atoms with Gasteiger partial charge >= 0.3 is 0 Å². The summed E-state index contributed by atoms with van der Waals surface area (Å²) in [4.78, 5) is 4.71. The van der Waals surface area contributed by atoms with Gasteiger partial charge in [-0.15, -0.1) is 0 Å². The minimum atomic E-state index is -0.647. The monoisotopic (exact) mass is 309 g/mol. The molecule has 0 unspecified atom stereocenters. The van der Waals surface area contributed by atoms with E-state index in [0.29, 0.717) is 5.56 Å². The zero-order valence-corrected chi connectivity index (χ0v) is 13.2. The number of ether oxygens (including phenoxy) is 1. The van der Waals surface area contributed by atoms with E-state index < -0.39 is 5.72 Å². The predicted octanol–water partition coefficient (Wildman–Crippen LogP) is 3.78. The van der Waals surface area contributed by atoms with Crippen molar-refractivity contribution in [3.8, 4) is 11.8 Å². The molecule has 1 aliphatic rings. The molecule has 110 valence electrons. The topological polar surface area (TPSA) is 57.4 Å². The lowest BCUT2D eigenvalue weighted by molar-refractivity contribution is 0.115. The first-order valence-electron chi connectivity index (χ1n) is 6.86. The largest absolute Gasteiger partial charge is 0.466 e. The highest BCUT2D eigenvalue weighted by Gasteiger charge is 2.28. The van der Waals surface area contributed by atoms with Gasteiger partial charge in [-0.05, 0) is 38.1 Å². The summed E-state index contributed by atoms with van der Waals surface area (Å²) in [6.45, 7) is 3.83. The zero-order valence-electron chi connectivity index (χ0n) is 12.3. The van der Waals surface area contributed by atoms with Gasteiger partial charge in [-0.3, -0.25) is 0 Å². The van der Waals surface area contributed by atoms with Crippen LogP contribution in [0, 0.1) is 11.3 Å². The van der Waals surface area contributed by atoms with Gasteiger partial charge in [0.25, 0.3) is 0 Å². The average Bonchev–Trinajstić information content (AvgIpc) is 2.52. The van der Waals surface area contributed by atoms with Crippen molar-refractivity contribution in [3.05, 3.63) is 59.2 Å². The second kappa shape index (κ2) is 5.39. The Hall–Kier alpha value is -2.45. The lowest BCUT2D eigenvalue weighted by Gasteiger charge is -2.30. The molecule has 0 bridgehead atoms. The van der Waals surface area contributed by atoms with Crippen molar-refractivity contribution in [3.63, 3.8) is 0 Å². The molecule has 0 fully saturated rings. The fourth-order valence-corrected chi connectivity index (χ4v) is 2.56. The van der Waals surface area contributed by atoms with Crippen LogP contribution in [-0.2, 0) is 0 Å². The molecule has 0 saturated carbocycles. The zero-order chi connectivity index (χ0) is 15.7. The fraction of sp³-hybridized carbons (Fsp3) is 0.176. The van der Waals surface area contributed by atoms with E-state index >= 15 is 0 Å². The van der Waals surface area contributed by atoms with Crippen molar-refractivity contribution in [1.82, 2.24) is 0 Å². The van der Waals surface area contributed by atoms with Gasteiger partial charge in [0.05, 0.1) is 17.3 Å². The minimum Gasteiger partial charge on any atom is -0.466 e. The van der Waals surface area contributed by atoms with Crippen LogP contribution in [0.3, 0.4) is 0 Å². The van der Waals surface area contributed by atoms with Crippen LogP contribution in [0.4, 0.5) is 5.69 Å². The Morgan fingerprint density at radius 3 is 2.55 bits per heavy atom. The molecule has 4 nitrogen and oxygen atoms in total. The average molecular weight is 309 g/mol. The molecule has 2 aromatic carbocycles. The van der Waals surface area contributed by atoms with E-state index in [1.807, 2.05) is 44.2 Å². The Bertz CT molecular complexity index is 789. The second-order valence-electron chi connectivity index (χ2n) is 5.52. The van der Waals surface area contributed by atoms with Crippen LogP contribution < -0.4 is 9.46 Å². The summed E-state index contributed by atoms with van der Waals surface area (Å²) in [5.74, 6) is 0.762. The first-order chi connectivity index (χ1) is 10.5. The summed E-state index contributed by atoms with van der Waals surface area (Å²) in [6.07, 6.45) is 0. The summed E-state index contributed by atoms with van der Waals surface area (Å²) in [5.41, 5.74) is 3.59. The molecule has 0 aliphatic carbocycles. The van der Waals surface area contributed by atoms with E-state index in [2.05, 4.69) is 23.6 Å². The summed E-state index contributed by atoms with van der Waals surface area (Å²) >= 11 is 4.07. The maximum atomic E-state index is 8.92. The number of hydrogen-bond donors (Lipinski definition) is 2. The molecule has 22 heavy (non-hydrogen) atoms. The minimum absolute atomic E-state index is 0.630. The molecular weight excluding hydrogens is 294 g/mol. The van der Waals surface area contributed by atoms with Crippen molar-refractivity contribution in [2.45, 2.75) is 19.6 Å². The molecule has 2 aromatic rings. The normalized spacial score (nSPS) is 15.1. The van der Waals surface area contributed by atoms with Crippen molar-refractivity contribution in [1.29, 1.82) is 5.26 Å². The Balaban J connectivity index is 2.13. The molecular formula is C17H15N3OS. The van der Waals surface area contributed by atoms with Crippen LogP contribution in [0.25, 0.3) is 0 Å². The highest BCUT2D eigenvalue weighted by atomic mass is 32.1. The van der Waals surface area contributed by atoms with Gasteiger partial charge in [-0.1, -0.05) is 24.9 Å². The highest BCUT2D eigenvalue weighted by molar-refractivity contribution is 7.81. The molecule has 1 N–H and O–H groups in total. The predicted molar refractivity (Wildman–Crippen MR) is 90.6 cm³/mol. The van der Waals surface area contributed by atoms with Gasteiger partial charge in [0.2, 0.25) is 0 Å². The maximum absolute atomic E-state index is 8.92. The number of hydrogen-bond acceptors (Lipinski definition) is 5. The lowest BCUT2D eigenvalue weighted by Crippen LogP contribution is -2.32. The van der Waals surface area contributed by atoms with E-state index in [1.54, 1.807) is 12.1 Å².